The molecule has 222 valence electrons. The molecule has 1 aliphatic rings. The van der Waals surface area contributed by atoms with Gasteiger partial charge in [0, 0.05) is 11.1 Å². The van der Waals surface area contributed by atoms with Crippen molar-refractivity contribution >= 4 is 67.9 Å². The number of benzene rings is 8. The minimum Gasteiger partial charge on any atom is -0.0620 e. The molecular weight excluding hydrogens is 602 g/mol. The molecule has 0 nitrogen and oxygen atoms in total. The van der Waals surface area contributed by atoms with Crippen molar-refractivity contribution in [3.05, 3.63) is 194 Å². The summed E-state index contributed by atoms with van der Waals surface area (Å²) < 4.78 is 0. The number of hydrogen-bond donors (Lipinski definition) is 0. The summed E-state index contributed by atoms with van der Waals surface area (Å²) in [6.07, 6.45) is 0. The van der Waals surface area contributed by atoms with Gasteiger partial charge in [0.05, 0.1) is 0 Å². The molecule has 0 aromatic heterocycles. The fourth-order valence-electron chi connectivity index (χ4n) is 8.06. The lowest BCUT2D eigenvalue weighted by molar-refractivity contribution is 1.70. The fourth-order valence-corrected chi connectivity index (χ4v) is 20.8. The zero-order valence-corrected chi connectivity index (χ0v) is 27.9. The lowest BCUT2D eigenvalue weighted by Gasteiger charge is -2.33. The fraction of sp³-hybridized carbons (Fsp3) is 0.0222. The van der Waals surface area contributed by atoms with Crippen molar-refractivity contribution in [3.8, 4) is 11.1 Å². The zero-order chi connectivity index (χ0) is 31.3. The van der Waals surface area contributed by atoms with Gasteiger partial charge < -0.3 is 0 Å². The van der Waals surface area contributed by atoms with Gasteiger partial charge in [0.2, 0.25) is 0 Å². The Morgan fingerprint density at radius 2 is 0.574 bits per heavy atom. The highest BCUT2D eigenvalue weighted by Gasteiger charge is 2.63. The van der Waals surface area contributed by atoms with Crippen molar-refractivity contribution in [1.82, 2.24) is 0 Å². The summed E-state index contributed by atoms with van der Waals surface area (Å²) in [6.45, 7) is 0. The van der Waals surface area contributed by atoms with Crippen molar-refractivity contribution in [1.29, 1.82) is 0 Å². The molecule has 0 unspecified atom stereocenters. The van der Waals surface area contributed by atoms with Crippen molar-refractivity contribution in [3.63, 3.8) is 0 Å². The van der Waals surface area contributed by atoms with E-state index in [1.54, 1.807) is 0 Å². The van der Waals surface area contributed by atoms with Gasteiger partial charge in [-0.2, -0.15) is 0 Å². The Kier molecular flexibility index (Phi) is 6.90. The molecule has 8 aromatic carbocycles. The van der Waals surface area contributed by atoms with E-state index in [-0.39, 0.29) is 0 Å². The maximum atomic E-state index is 2.51. The van der Waals surface area contributed by atoms with Gasteiger partial charge in [0.15, 0.2) is 20.4 Å². The van der Waals surface area contributed by atoms with Crippen LogP contribution < -0.4 is 31.8 Å². The van der Waals surface area contributed by atoms with E-state index in [1.165, 1.54) is 64.5 Å². The van der Waals surface area contributed by atoms with E-state index < -0.39 is 14.5 Å². The van der Waals surface area contributed by atoms with Crippen LogP contribution in [0.2, 0.25) is 0 Å². The Bertz CT molecular complexity index is 2120. The highest BCUT2D eigenvalue weighted by atomic mass is 31.2. The minimum atomic E-state index is -2.30. The van der Waals surface area contributed by atoms with Crippen molar-refractivity contribution in [2.75, 3.05) is 5.90 Å². The second-order valence-corrected chi connectivity index (χ2v) is 19.9. The summed E-state index contributed by atoms with van der Waals surface area (Å²) in [5.74, 6) is 1.04. The summed E-state index contributed by atoms with van der Waals surface area (Å²) >= 11 is 0. The first-order valence-electron chi connectivity index (χ1n) is 16.3. The van der Waals surface area contributed by atoms with Crippen LogP contribution in [0.1, 0.15) is 0 Å². The van der Waals surface area contributed by atoms with E-state index in [1.807, 2.05) is 0 Å². The van der Waals surface area contributed by atoms with Crippen molar-refractivity contribution in [2.24, 2.45) is 0 Å². The third kappa shape index (κ3) is 4.29. The predicted molar refractivity (Wildman–Crippen MR) is 209 cm³/mol. The molecule has 0 fully saturated rings. The first-order chi connectivity index (χ1) is 23.3. The highest BCUT2D eigenvalue weighted by molar-refractivity contribution is 8.10. The van der Waals surface area contributed by atoms with Gasteiger partial charge in [-0.1, -0.05) is 133 Å². The Balaban J connectivity index is 1.60. The summed E-state index contributed by atoms with van der Waals surface area (Å²) in [4.78, 5) is 0. The smallest absolute Gasteiger partial charge is 0.0620 e. The first-order valence-corrected chi connectivity index (χ1v) is 20.3. The third-order valence-electron chi connectivity index (χ3n) is 10.1. The molecule has 8 aromatic rings. The Labute approximate surface area is 278 Å². The van der Waals surface area contributed by atoms with Crippen molar-refractivity contribution in [2.45, 2.75) is 0 Å². The first kappa shape index (κ1) is 28.4. The van der Waals surface area contributed by atoms with Gasteiger partial charge in [-0.05, 0) is 82.2 Å². The predicted octanol–water partition coefficient (Wildman–Crippen LogP) is 9.22. The summed E-state index contributed by atoms with van der Waals surface area (Å²) in [6, 6.07) is 73.9. The quantitative estimate of drug-likeness (QED) is 0.169. The molecule has 0 radical (unpaired) electrons. The average Bonchev–Trinajstić information content (AvgIpc) is 3.29. The molecule has 0 aliphatic carbocycles. The van der Waals surface area contributed by atoms with E-state index in [0.717, 1.165) is 5.90 Å². The molecule has 0 N–H and O–H groups in total. The molecule has 47 heavy (non-hydrogen) atoms. The van der Waals surface area contributed by atoms with Gasteiger partial charge in [-0.3, -0.25) is 0 Å². The van der Waals surface area contributed by atoms with Gasteiger partial charge in [0.1, 0.15) is 31.8 Å². The summed E-state index contributed by atoms with van der Waals surface area (Å²) in [7, 11) is -4.59. The van der Waals surface area contributed by atoms with E-state index in [9.17, 15) is 0 Å². The van der Waals surface area contributed by atoms with Crippen LogP contribution in [-0.2, 0) is 0 Å². The molecule has 0 spiro atoms. The average molecular weight is 637 g/mol. The molecule has 0 saturated carbocycles. The third-order valence-corrected chi connectivity index (χ3v) is 20.6. The summed E-state index contributed by atoms with van der Waals surface area (Å²) in [5, 5.41) is 14.0. The van der Waals surface area contributed by atoms with Crippen molar-refractivity contribution < 1.29 is 0 Å². The van der Waals surface area contributed by atoms with Gasteiger partial charge in [0.25, 0.3) is 0 Å². The molecule has 0 atom stereocenters. The number of hydrogen-bond acceptors (Lipinski definition) is 0. The lowest BCUT2D eigenvalue weighted by atomic mass is 9.93. The van der Waals surface area contributed by atoms with Crippen LogP contribution in [0, 0.1) is 0 Å². The molecule has 0 saturated heterocycles. The maximum Gasteiger partial charge on any atom is 0.188 e. The van der Waals surface area contributed by atoms with E-state index >= 15 is 0 Å². The van der Waals surface area contributed by atoms with Gasteiger partial charge in [-0.25, -0.2) is 0 Å². The van der Waals surface area contributed by atoms with Crippen LogP contribution in [0.15, 0.2) is 194 Å². The molecular formula is C45H34P2+2. The summed E-state index contributed by atoms with van der Waals surface area (Å²) in [5.41, 5.74) is 2.81. The Morgan fingerprint density at radius 3 is 0.915 bits per heavy atom. The zero-order valence-electron chi connectivity index (χ0n) is 26.1. The lowest BCUT2D eigenvalue weighted by Crippen LogP contribution is -2.39. The van der Waals surface area contributed by atoms with E-state index in [4.69, 9.17) is 0 Å². The van der Waals surface area contributed by atoms with Crippen LogP contribution in [0.3, 0.4) is 0 Å². The monoisotopic (exact) mass is 636 g/mol. The molecule has 2 heteroatoms. The second kappa shape index (κ2) is 11.4. The molecule has 1 aliphatic heterocycles. The largest absolute Gasteiger partial charge is 0.188 e. The standard InChI is InChI=1S/C45H34P2/c1-5-19-36(20-6-1)46(37-21-7-2-8-22-37)33-47(38-23-9-3-10-24-38,39-25-11-4-12-26-39)43-32-30-35-18-14-16-28-41(35)45(43)44-40-27-15-13-17-34(40)29-31-42(44)46/h1-32H,33H2/q+2. The normalized spacial score (nSPS) is 14.6. The highest BCUT2D eigenvalue weighted by Crippen LogP contribution is 2.74. The van der Waals surface area contributed by atoms with Crippen LogP contribution in [-0.4, -0.2) is 5.90 Å². The number of rotatable bonds is 4. The Morgan fingerprint density at radius 1 is 0.277 bits per heavy atom. The van der Waals surface area contributed by atoms with Crippen LogP contribution in [0.5, 0.6) is 0 Å². The van der Waals surface area contributed by atoms with Crippen LogP contribution in [0.4, 0.5) is 0 Å². The van der Waals surface area contributed by atoms with Gasteiger partial charge >= 0.3 is 0 Å². The molecule has 9 rings (SSSR count). The Hall–Kier alpha value is -4.86. The molecule has 0 amide bonds. The van der Waals surface area contributed by atoms with Crippen LogP contribution in [0.25, 0.3) is 32.7 Å². The van der Waals surface area contributed by atoms with E-state index in [2.05, 4.69) is 194 Å². The molecule has 1 heterocycles. The minimum absolute atomic E-state index is 1.04. The number of fused-ring (bicyclic) bond motifs is 7. The topological polar surface area (TPSA) is 0 Å². The molecule has 0 bridgehead atoms. The van der Waals surface area contributed by atoms with Gasteiger partial charge in [-0.15, -0.1) is 0 Å². The van der Waals surface area contributed by atoms with E-state index in [0.29, 0.717) is 0 Å². The maximum absolute atomic E-state index is 2.51. The SMILES string of the molecule is c1ccc([P+]2(c3ccccc3)C[P+](c3ccccc3)(c3ccccc3)c3ccc4ccccc4c3-c3c2ccc2ccccc32)cc1. The van der Waals surface area contributed by atoms with Crippen LogP contribution >= 0.6 is 14.5 Å². The second-order valence-electron chi connectivity index (χ2n) is 12.5.